The summed E-state index contributed by atoms with van der Waals surface area (Å²) in [5, 5.41) is 26.2. The first kappa shape index (κ1) is 27.3. The number of rotatable bonds is 9. The first-order chi connectivity index (χ1) is 18.0. The fourth-order valence-electron chi connectivity index (χ4n) is 3.64. The molecule has 4 rings (SSSR count). The Hall–Kier alpha value is -3.76. The van der Waals surface area contributed by atoms with Gasteiger partial charge in [-0.3, -0.25) is 14.5 Å². The maximum atomic E-state index is 13.6. The van der Waals surface area contributed by atoms with Gasteiger partial charge in [-0.05, 0) is 13.0 Å². The van der Waals surface area contributed by atoms with Crippen LogP contribution in [0.25, 0.3) is 0 Å². The van der Waals surface area contributed by atoms with Gasteiger partial charge in [-0.15, -0.1) is 11.8 Å². The van der Waals surface area contributed by atoms with Gasteiger partial charge in [0.15, 0.2) is 29.4 Å². The van der Waals surface area contributed by atoms with Crippen molar-refractivity contribution in [1.29, 1.82) is 0 Å². The monoisotopic (exact) mass is 584 g/mol. The van der Waals surface area contributed by atoms with Gasteiger partial charge in [0.2, 0.25) is 12.3 Å². The zero-order valence-corrected chi connectivity index (χ0v) is 21.7. The number of thiazole rings is 1. The Balaban J connectivity index is 1.56. The van der Waals surface area contributed by atoms with Gasteiger partial charge in [-0.25, -0.2) is 14.2 Å². The van der Waals surface area contributed by atoms with Crippen molar-refractivity contribution >= 4 is 69.3 Å². The Bertz CT molecular complexity index is 1400. The third-order valence-corrected chi connectivity index (χ3v) is 7.84. The molecular weight excluding hydrogens is 567 g/mol. The molecule has 2 aliphatic heterocycles. The number of anilines is 1. The van der Waals surface area contributed by atoms with E-state index in [1.165, 1.54) is 41.6 Å². The summed E-state index contributed by atoms with van der Waals surface area (Å²) in [5.74, 6) is -5.03. The number of carboxylic acid groups (broad SMARTS) is 2. The van der Waals surface area contributed by atoms with E-state index in [-0.39, 0.29) is 33.2 Å². The smallest absolute Gasteiger partial charge is 0.347 e. The van der Waals surface area contributed by atoms with Crippen molar-refractivity contribution in [2.24, 2.45) is 5.16 Å². The highest BCUT2D eigenvalue weighted by Crippen LogP contribution is 2.40. The zero-order valence-electron chi connectivity index (χ0n) is 19.3. The van der Waals surface area contributed by atoms with E-state index in [2.05, 4.69) is 15.5 Å². The molecule has 0 saturated carbocycles. The van der Waals surface area contributed by atoms with E-state index in [0.29, 0.717) is 5.57 Å². The molecule has 1 fully saturated rings. The second-order valence-corrected chi connectivity index (χ2v) is 10.7. The topological polar surface area (TPSA) is 191 Å². The highest BCUT2D eigenvalue weighted by atomic mass is 35.5. The molecule has 4 heterocycles. The Kier molecular flexibility index (Phi) is 7.84. The van der Waals surface area contributed by atoms with Crippen LogP contribution in [0.1, 0.15) is 12.6 Å². The number of hydrogen-bond acceptors (Lipinski definition) is 11. The van der Waals surface area contributed by atoms with Crippen LogP contribution in [0.4, 0.5) is 9.52 Å². The van der Waals surface area contributed by atoms with E-state index in [1.807, 2.05) is 0 Å². The molecule has 13 nitrogen and oxygen atoms in total. The van der Waals surface area contributed by atoms with Crippen LogP contribution in [-0.2, 0) is 30.6 Å². The molecule has 2 amide bonds. The van der Waals surface area contributed by atoms with Crippen LogP contribution in [0.5, 0.6) is 0 Å². The van der Waals surface area contributed by atoms with Crippen LogP contribution >= 0.6 is 34.7 Å². The number of β-lactam (4-membered cyclic amide) rings is 1. The highest BCUT2D eigenvalue weighted by molar-refractivity contribution is 8.00. The number of carbonyl (C=O) groups excluding carboxylic acids is 3. The number of nitrogen functional groups attached to an aromatic ring is 1. The minimum atomic E-state index is -1.59. The third kappa shape index (κ3) is 5.41. The first-order valence-corrected chi connectivity index (χ1v) is 12.9. The van der Waals surface area contributed by atoms with Gasteiger partial charge in [0.05, 0.1) is 11.7 Å². The molecule has 0 bridgehead atoms. The van der Waals surface area contributed by atoms with Crippen molar-refractivity contribution in [3.05, 3.63) is 51.6 Å². The van der Waals surface area contributed by atoms with Gasteiger partial charge < -0.3 is 30.9 Å². The van der Waals surface area contributed by atoms with Crippen molar-refractivity contribution in [2.45, 2.75) is 31.0 Å². The fourth-order valence-corrected chi connectivity index (χ4v) is 5.91. The number of amides is 2. The highest BCUT2D eigenvalue weighted by Gasteiger charge is 2.53. The lowest BCUT2D eigenvalue weighted by molar-refractivity contribution is -0.690. The molecule has 0 aliphatic carbocycles. The summed E-state index contributed by atoms with van der Waals surface area (Å²) < 4.78 is 15.0. The molecule has 2 aromatic heterocycles. The van der Waals surface area contributed by atoms with Crippen LogP contribution < -0.4 is 20.7 Å². The summed E-state index contributed by atoms with van der Waals surface area (Å²) in [6.07, 6.45) is 1.31. The van der Waals surface area contributed by atoms with E-state index in [0.717, 1.165) is 16.2 Å². The van der Waals surface area contributed by atoms with E-state index >= 15 is 0 Å². The molecule has 3 atom stereocenters. The molecule has 0 aromatic carbocycles. The number of nitrogens with two attached hydrogens (primary N) is 1. The predicted octanol–water partition coefficient (Wildman–Crippen LogP) is -0.897. The average Bonchev–Trinajstić information content (AvgIpc) is 3.19. The number of hydrogen-bond donors (Lipinski definition) is 3. The number of halogens is 2. The standard InChI is InChI=1S/C21H18ClFN6O7S2/c1-8(19(32)33)36-27-12(11-15(22)38-21(24)26-11)16(30)25-13-17(31)29-14(20(34)35)9(7-37-18(13)29)5-28-4-2-3-10(23)6-28/h2-4,6,8,13,18H,5,7H2,1H3,(H4-,24,25,26,30,32,33,34,35)/b27-12-/t8-,13+,18?/m0/s1. The van der Waals surface area contributed by atoms with Gasteiger partial charge in [-0.2, -0.15) is 4.57 Å². The Morgan fingerprint density at radius 3 is 2.84 bits per heavy atom. The van der Waals surface area contributed by atoms with Crippen molar-refractivity contribution in [1.82, 2.24) is 15.2 Å². The van der Waals surface area contributed by atoms with Gasteiger partial charge in [-0.1, -0.05) is 28.1 Å². The minimum absolute atomic E-state index is 0.00124. The van der Waals surface area contributed by atoms with Crippen molar-refractivity contribution in [2.75, 3.05) is 11.5 Å². The normalized spacial score (nSPS) is 19.9. The lowest BCUT2D eigenvalue weighted by atomic mass is 10.0. The quantitative estimate of drug-likeness (QED) is 0.144. The number of fused-ring (bicyclic) bond motifs is 1. The number of carbonyl (C=O) groups is 4. The summed E-state index contributed by atoms with van der Waals surface area (Å²) in [6.45, 7) is 1.18. The number of oxime groups is 1. The molecule has 1 saturated heterocycles. The number of thioether (sulfide) groups is 1. The lowest BCUT2D eigenvalue weighted by Gasteiger charge is -2.50. The van der Waals surface area contributed by atoms with Crippen LogP contribution in [0.2, 0.25) is 4.34 Å². The van der Waals surface area contributed by atoms with Crippen LogP contribution in [0, 0.1) is 5.82 Å². The number of aromatic nitrogens is 2. The zero-order chi connectivity index (χ0) is 27.7. The van der Waals surface area contributed by atoms with E-state index in [9.17, 15) is 28.7 Å². The van der Waals surface area contributed by atoms with E-state index in [4.69, 9.17) is 27.3 Å². The Morgan fingerprint density at radius 2 is 2.24 bits per heavy atom. The summed E-state index contributed by atoms with van der Waals surface area (Å²) in [7, 11) is 0. The number of nitrogens with zero attached hydrogens (tertiary/aromatic N) is 4. The number of aliphatic carboxylic acids is 2. The molecule has 200 valence electrons. The minimum Gasteiger partial charge on any atom is -0.543 e. The fraction of sp³-hybridized carbons (Fsp3) is 0.286. The molecular formula is C21H18ClFN6O7S2. The molecule has 38 heavy (non-hydrogen) atoms. The van der Waals surface area contributed by atoms with Crippen LogP contribution in [-0.4, -0.2) is 67.7 Å². The van der Waals surface area contributed by atoms with Gasteiger partial charge in [0.25, 0.3) is 11.8 Å². The summed E-state index contributed by atoms with van der Waals surface area (Å²) in [6, 6.07) is 1.53. The maximum absolute atomic E-state index is 13.6. The van der Waals surface area contributed by atoms with Crippen molar-refractivity contribution in [3.63, 3.8) is 0 Å². The average molecular weight is 585 g/mol. The predicted molar refractivity (Wildman–Crippen MR) is 130 cm³/mol. The molecule has 2 aliphatic rings. The van der Waals surface area contributed by atoms with E-state index < -0.39 is 52.8 Å². The molecule has 1 unspecified atom stereocenters. The SMILES string of the molecule is C[C@H](O/N=C(\C(=O)N[C@@H]1C(=O)N2C(C(=O)[O-])=C(C[n+]3cccc(F)c3)CSC12)c1nc(N)sc1Cl)C(=O)O. The number of carboxylic acids is 2. The number of nitrogens with one attached hydrogen (secondary N) is 1. The molecule has 17 heteroatoms. The summed E-state index contributed by atoms with van der Waals surface area (Å²) in [4.78, 5) is 58.9. The molecule has 2 aromatic rings. The van der Waals surface area contributed by atoms with Crippen LogP contribution in [0.3, 0.4) is 0 Å². The summed E-state index contributed by atoms with van der Waals surface area (Å²) in [5.41, 5.74) is 4.89. The Morgan fingerprint density at radius 1 is 1.50 bits per heavy atom. The molecule has 0 spiro atoms. The third-order valence-electron chi connectivity index (χ3n) is 5.41. The summed E-state index contributed by atoms with van der Waals surface area (Å²) >= 11 is 8.11. The second-order valence-electron chi connectivity index (χ2n) is 8.00. The lowest BCUT2D eigenvalue weighted by Crippen LogP contribution is -2.71. The van der Waals surface area contributed by atoms with E-state index in [1.54, 1.807) is 6.20 Å². The molecule has 0 radical (unpaired) electrons. The van der Waals surface area contributed by atoms with Crippen molar-refractivity contribution in [3.8, 4) is 0 Å². The number of pyridine rings is 1. The Labute approximate surface area is 226 Å². The van der Waals surface area contributed by atoms with Gasteiger partial charge in [0.1, 0.15) is 21.4 Å². The first-order valence-electron chi connectivity index (χ1n) is 10.7. The maximum Gasteiger partial charge on any atom is 0.347 e. The van der Waals surface area contributed by atoms with Gasteiger partial charge >= 0.3 is 5.97 Å². The molecule has 4 N–H and O–H groups in total. The van der Waals surface area contributed by atoms with Crippen LogP contribution in [0.15, 0.2) is 41.0 Å². The second kappa shape index (κ2) is 10.9. The largest absolute Gasteiger partial charge is 0.543 e. The van der Waals surface area contributed by atoms with Crippen molar-refractivity contribution < 1.29 is 43.2 Å². The van der Waals surface area contributed by atoms with Gasteiger partial charge in [0, 0.05) is 17.4 Å².